The second-order valence-electron chi connectivity index (χ2n) is 43.4. The summed E-state index contributed by atoms with van der Waals surface area (Å²) in [6.45, 7) is 48.2. The summed E-state index contributed by atoms with van der Waals surface area (Å²) in [4.78, 5) is 67.7. The zero-order valence-corrected chi connectivity index (χ0v) is 95.6. The normalized spacial score (nSPS) is 16.7. The number of esters is 3. The van der Waals surface area contributed by atoms with Crippen molar-refractivity contribution in [3.63, 3.8) is 0 Å². The van der Waals surface area contributed by atoms with Gasteiger partial charge in [-0.3, -0.25) is 13.2 Å². The minimum atomic E-state index is -0.933. The van der Waals surface area contributed by atoms with Crippen molar-refractivity contribution in [2.24, 2.45) is 0 Å². The van der Waals surface area contributed by atoms with E-state index < -0.39 is 39.5 Å². The van der Waals surface area contributed by atoms with E-state index in [9.17, 15) is 27.6 Å². The smallest absolute Gasteiger partial charge is 0.358 e. The van der Waals surface area contributed by atoms with E-state index in [1.807, 2.05) is 98.0 Å². The quantitative estimate of drug-likeness (QED) is 0.0517. The van der Waals surface area contributed by atoms with E-state index in [0.717, 1.165) is 112 Å². The monoisotopic (exact) mass is 2130 g/mol. The van der Waals surface area contributed by atoms with E-state index in [2.05, 4.69) is 275 Å². The number of hydrogen-bond donors (Lipinski definition) is 1. The lowest BCUT2D eigenvalue weighted by Crippen LogP contribution is -2.33. The number of aromatic nitrogens is 4. The molecule has 772 valence electrons. The first-order valence-corrected chi connectivity index (χ1v) is 56.6. The molecule has 0 fully saturated rings. The Labute approximate surface area is 916 Å². The van der Waals surface area contributed by atoms with Gasteiger partial charge in [0, 0.05) is 110 Å². The minimum Gasteiger partial charge on any atom is -0.462 e. The first kappa shape index (κ1) is 115. The summed E-state index contributed by atoms with van der Waals surface area (Å²) in [6.07, 6.45) is 15.4. The number of carbonyl (C=O) groups is 4. The van der Waals surface area contributed by atoms with E-state index in [4.69, 9.17) is 54.7 Å². The summed E-state index contributed by atoms with van der Waals surface area (Å²) < 4.78 is 39.3. The van der Waals surface area contributed by atoms with E-state index in [1.165, 1.54) is 107 Å². The fraction of sp³-hybridized carbons (Fsp3) is 0.349. The van der Waals surface area contributed by atoms with Crippen molar-refractivity contribution in [2.45, 2.75) is 267 Å². The first-order valence-electron chi connectivity index (χ1n) is 50.9. The lowest BCUT2D eigenvalue weighted by Gasteiger charge is -2.41. The summed E-state index contributed by atoms with van der Waals surface area (Å²) in [5.41, 5.74) is 31.8. The predicted octanol–water partition coefficient (Wildman–Crippen LogP) is 28.8. The van der Waals surface area contributed by atoms with Crippen molar-refractivity contribution < 1.29 is 41.8 Å². The van der Waals surface area contributed by atoms with E-state index in [-0.39, 0.29) is 54.8 Å². The lowest BCUT2D eigenvalue weighted by molar-refractivity contribution is 0.0511. The van der Waals surface area contributed by atoms with Crippen molar-refractivity contribution in [2.75, 3.05) is 48.6 Å². The highest BCUT2D eigenvalue weighted by Gasteiger charge is 2.40. The Bertz CT molecular complexity index is 7650. The molecular weight excluding hydrogens is 2000 g/mol. The van der Waals surface area contributed by atoms with Crippen LogP contribution in [0.1, 0.15) is 354 Å². The Balaban J connectivity index is 0.000000150. The fourth-order valence-electron chi connectivity index (χ4n) is 18.4. The van der Waals surface area contributed by atoms with Gasteiger partial charge in [0.1, 0.15) is 11.5 Å². The number of ketones is 1. The number of aryl methyl sites for hydroxylation is 2. The van der Waals surface area contributed by atoms with Crippen LogP contribution in [0.2, 0.25) is 15.1 Å². The molecule has 2 unspecified atom stereocenters. The third-order valence-corrected chi connectivity index (χ3v) is 34.3. The largest absolute Gasteiger partial charge is 0.462 e. The number of nitrogens with two attached hydrogens (primary N) is 1. The van der Waals surface area contributed by atoms with Crippen LogP contribution < -0.4 is 5.73 Å². The maximum atomic E-state index is 12.3. The Kier molecular flexibility index (Phi) is 37.6. The van der Waals surface area contributed by atoms with Gasteiger partial charge in [-0.2, -0.15) is 0 Å². The van der Waals surface area contributed by atoms with Crippen LogP contribution in [-0.2, 0) is 79.1 Å². The Morgan fingerprint density at radius 1 is 0.327 bits per heavy atom. The standard InChI is InChI=1S/C23H27N.C22H21ClO3S.C22H21ClO2S.C21H19ClOS.C21H24N2.C20H20N2O3S/c1-16-6-7-18(15-21(16)24)9-8-17-10-11-19-20(14-17)23(4,5)13-12-22(19,2)3;1-4-26-21(24)17-9-7-16(14-19(17)23)6-5-15-8-10-20-18(13-15)22(2,3)11-12-27(20)25;1-4-25-21(24)17-9-7-16(14-19(17)23)6-5-15-8-10-20-18(13-15)22(2,3)11-12-26-20;1-14(23)17-8-6-16(13-19(17)22)5-4-15-7-9-20-18(12-15)21(2,3)10-11-24-20;1-15-22-13-17(14-23-15)7-6-16-8-9-18-19(12-16)21(4,5)11-10-20(18,2)3;1-4-25-19(23)17-13-21-15(12-22-17)7-5-14-6-8-18-16(11-14)20(2,3)9-10-26(18)24/h6-7,10-11,14-15H,12-13,24H2,1-5H3;7-10,13-14H,4,11-12H2,1-3H3;7-10,13-14H,4,11-12H2,1-3H3;6-9,12-13H,10-11H2,1-3H3;8-9,12-14H,10-11H2,1-5H3;6,8,11-13H,4,9-10H2,1-3H3. The molecule has 2 N–H and O–H groups in total. The molecule has 0 saturated heterocycles. The van der Waals surface area contributed by atoms with Crippen molar-refractivity contribution in [1.82, 2.24) is 19.9 Å². The number of fused-ring (bicyclic) bond motifs is 6. The fourth-order valence-corrected chi connectivity index (χ4v) is 25.6. The highest BCUT2D eigenvalue weighted by molar-refractivity contribution is 7.99. The van der Waals surface area contributed by atoms with Crippen LogP contribution in [-0.4, -0.2) is 94.9 Å². The van der Waals surface area contributed by atoms with Gasteiger partial charge in [0.25, 0.3) is 0 Å². The van der Waals surface area contributed by atoms with Crippen molar-refractivity contribution >= 4 is 109 Å². The average Bonchev–Trinajstić information content (AvgIpc) is 0.757. The Morgan fingerprint density at radius 3 is 1.00 bits per heavy atom. The van der Waals surface area contributed by atoms with Crippen LogP contribution in [0.25, 0.3) is 0 Å². The van der Waals surface area contributed by atoms with Gasteiger partial charge in [0.05, 0.1) is 85.6 Å². The average molecular weight is 2130 g/mol. The first-order chi connectivity index (χ1) is 71.0. The number of hydrogen-bond acceptors (Lipinski definition) is 16. The molecule has 10 aromatic carbocycles. The number of thioether (sulfide) groups is 2. The SMILES string of the molecule is CC(=O)c1ccc(C#Cc2ccc3c(c2)C(C)(C)CCS3)cc1Cl.CCOC(=O)c1ccc(C#Cc2ccc3c(c2)C(C)(C)CCS3)cc1Cl.CCOC(=O)c1ccc(C#Cc2ccc3c(c2)C(C)(C)CCS3=O)cc1Cl.CCOC(=O)c1cnc(C#Cc2ccc3c(c2)C(C)(C)CCS3=O)cn1.Cc1ccc(C#Cc2ccc3c(c2)C(C)(C)CCC3(C)C)cc1N.Cc1ncc(C#Cc2ccc3c(c2)C(C)(C)CCC3(C)C)cn1. The summed E-state index contributed by atoms with van der Waals surface area (Å²) in [5, 5.41) is 1.14. The molecule has 0 radical (unpaired) electrons. The van der Waals surface area contributed by atoms with E-state index in [0.29, 0.717) is 74.3 Å². The molecule has 12 aromatic rings. The van der Waals surface area contributed by atoms with Gasteiger partial charge in [-0.05, 0) is 368 Å². The van der Waals surface area contributed by atoms with Gasteiger partial charge < -0.3 is 19.9 Å². The Morgan fingerprint density at radius 2 is 0.633 bits per heavy atom. The molecule has 2 aromatic heterocycles. The predicted molar refractivity (Wildman–Crippen MR) is 616 cm³/mol. The lowest BCUT2D eigenvalue weighted by atomic mass is 9.63. The maximum absolute atomic E-state index is 12.3. The van der Waals surface area contributed by atoms with Crippen LogP contribution in [0.4, 0.5) is 5.69 Å². The van der Waals surface area contributed by atoms with Crippen molar-refractivity contribution in [1.29, 1.82) is 0 Å². The van der Waals surface area contributed by atoms with E-state index in [1.54, 1.807) is 81.7 Å². The van der Waals surface area contributed by atoms with Crippen LogP contribution in [0.3, 0.4) is 0 Å². The zero-order chi connectivity index (χ0) is 109. The molecular formula is C129H132Cl3N5O9S4. The molecule has 2 atom stereocenters. The molecule has 18 rings (SSSR count). The van der Waals surface area contributed by atoms with Crippen LogP contribution in [0.5, 0.6) is 0 Å². The number of nitrogen functional groups attached to an aromatic ring is 1. The van der Waals surface area contributed by atoms with Crippen molar-refractivity contribution in [3.8, 4) is 71.0 Å². The second-order valence-corrected chi connectivity index (χ2v) is 50.0. The van der Waals surface area contributed by atoms with Gasteiger partial charge in [-0.1, -0.05) is 229 Å². The van der Waals surface area contributed by atoms with E-state index >= 15 is 0 Å². The number of nitrogens with zero attached hydrogens (tertiary/aromatic N) is 4. The van der Waals surface area contributed by atoms with Gasteiger partial charge in [0.2, 0.25) is 0 Å². The van der Waals surface area contributed by atoms with Crippen LogP contribution >= 0.6 is 58.3 Å². The molecule has 6 aliphatic rings. The molecule has 2 aliphatic carbocycles. The topological polar surface area (TPSA) is 208 Å². The highest BCUT2D eigenvalue weighted by Crippen LogP contribution is 2.50. The van der Waals surface area contributed by atoms with Crippen LogP contribution in [0, 0.1) is 84.9 Å². The number of anilines is 1. The summed E-state index contributed by atoms with van der Waals surface area (Å²) in [7, 11) is -1.86. The number of carbonyl (C=O) groups excluding carboxylic acids is 4. The van der Waals surface area contributed by atoms with Gasteiger partial charge in [-0.25, -0.2) is 34.3 Å². The summed E-state index contributed by atoms with van der Waals surface area (Å²) in [5.74, 6) is 41.1. The number of halogens is 3. The van der Waals surface area contributed by atoms with Gasteiger partial charge >= 0.3 is 17.9 Å². The Hall–Kier alpha value is -12.5. The number of ether oxygens (including phenoxy) is 3. The second kappa shape index (κ2) is 49.3. The molecule has 0 amide bonds. The number of rotatable bonds is 7. The summed E-state index contributed by atoms with van der Waals surface area (Å²) in [6, 6.07) is 59.5. The molecule has 4 aliphatic heterocycles. The minimum absolute atomic E-state index is 0.00840. The summed E-state index contributed by atoms with van der Waals surface area (Å²) >= 11 is 22.4. The van der Waals surface area contributed by atoms with Gasteiger partial charge in [0.15, 0.2) is 11.5 Å². The third kappa shape index (κ3) is 29.4. The highest BCUT2D eigenvalue weighted by atomic mass is 35.5. The van der Waals surface area contributed by atoms with Crippen LogP contribution in [0.15, 0.2) is 226 Å². The molecule has 0 spiro atoms. The molecule has 0 bridgehead atoms. The van der Waals surface area contributed by atoms with Gasteiger partial charge in [-0.15, -0.1) is 23.5 Å². The maximum Gasteiger partial charge on any atom is 0.358 e. The zero-order valence-electron chi connectivity index (χ0n) is 90.0. The number of benzene rings is 10. The molecule has 14 nitrogen and oxygen atoms in total. The molecule has 150 heavy (non-hydrogen) atoms. The number of Topliss-reactive ketones (excluding diaryl/α,β-unsaturated/α-hetero) is 1. The molecule has 0 saturated carbocycles. The molecule has 6 heterocycles. The van der Waals surface area contributed by atoms with Crippen molar-refractivity contribution in [3.05, 3.63) is 367 Å². The molecule has 21 heteroatoms. The third-order valence-electron chi connectivity index (χ3n) is 28.4.